The fraction of sp³-hybridized carbons (Fsp3) is 0.531. The Balaban J connectivity index is 0.948. The van der Waals surface area contributed by atoms with Crippen molar-refractivity contribution in [1.82, 2.24) is 25.8 Å². The first kappa shape index (κ1) is 29.6. The highest BCUT2D eigenvalue weighted by Crippen LogP contribution is 2.22. The number of amides is 2. The fourth-order valence-electron chi connectivity index (χ4n) is 5.90. The summed E-state index contributed by atoms with van der Waals surface area (Å²) in [5.74, 6) is 0.655. The molecule has 0 radical (unpaired) electrons. The summed E-state index contributed by atoms with van der Waals surface area (Å²) < 4.78 is 0. The van der Waals surface area contributed by atoms with E-state index >= 15 is 0 Å². The van der Waals surface area contributed by atoms with Crippen molar-refractivity contribution in [3.63, 3.8) is 0 Å². The molecule has 5 rings (SSSR count). The van der Waals surface area contributed by atoms with Crippen LogP contribution < -0.4 is 21.3 Å². The highest BCUT2D eigenvalue weighted by molar-refractivity contribution is 7.13. The van der Waals surface area contributed by atoms with Gasteiger partial charge in [-0.2, -0.15) is 0 Å². The van der Waals surface area contributed by atoms with Crippen molar-refractivity contribution in [2.45, 2.75) is 57.4 Å². The third kappa shape index (κ3) is 9.07. The van der Waals surface area contributed by atoms with Crippen LogP contribution in [0.25, 0.3) is 10.8 Å². The Morgan fingerprint density at radius 3 is 2.54 bits per heavy atom. The highest BCUT2D eigenvalue weighted by Gasteiger charge is 2.23. The third-order valence-corrected chi connectivity index (χ3v) is 9.08. The first-order valence-corrected chi connectivity index (χ1v) is 16.2. The number of fused-ring (bicyclic) bond motifs is 1. The van der Waals surface area contributed by atoms with Crippen LogP contribution in [0.15, 0.2) is 47.8 Å². The van der Waals surface area contributed by atoms with Gasteiger partial charge in [-0.1, -0.05) is 42.5 Å². The summed E-state index contributed by atoms with van der Waals surface area (Å²) in [5.41, 5.74) is 1.71. The van der Waals surface area contributed by atoms with Crippen LogP contribution in [0.3, 0.4) is 0 Å². The lowest BCUT2D eigenvalue weighted by atomic mass is 9.96. The van der Waals surface area contributed by atoms with Gasteiger partial charge in [-0.15, -0.1) is 11.3 Å². The molecule has 2 aliphatic heterocycles. The number of benzene rings is 2. The topological polar surface area (TPSA) is 98.4 Å². The highest BCUT2D eigenvalue weighted by atomic mass is 32.1. The molecular weight excluding hydrogens is 532 g/mol. The third-order valence-electron chi connectivity index (χ3n) is 8.27. The molecular formula is C32H44N6O2S. The molecule has 0 aliphatic carbocycles. The molecule has 1 aromatic heterocycles. The van der Waals surface area contributed by atoms with E-state index in [1.54, 1.807) is 0 Å². The summed E-state index contributed by atoms with van der Waals surface area (Å²) in [6.45, 7) is 7.08. The Labute approximate surface area is 247 Å². The van der Waals surface area contributed by atoms with Crippen LogP contribution in [0.5, 0.6) is 0 Å². The molecule has 4 N–H and O–H groups in total. The van der Waals surface area contributed by atoms with Crippen molar-refractivity contribution in [3.05, 3.63) is 59.1 Å². The number of thiazole rings is 1. The number of nitrogens with zero attached hydrogens (tertiary/aromatic N) is 2. The van der Waals surface area contributed by atoms with Gasteiger partial charge >= 0.3 is 0 Å². The number of anilines is 1. The summed E-state index contributed by atoms with van der Waals surface area (Å²) in [4.78, 5) is 32.1. The van der Waals surface area contributed by atoms with Gasteiger partial charge in [0.25, 0.3) is 0 Å². The Bertz CT molecular complexity index is 1260. The molecule has 1 atom stereocenters. The predicted octanol–water partition coefficient (Wildman–Crippen LogP) is 3.97. The lowest BCUT2D eigenvalue weighted by molar-refractivity contribution is -0.131. The minimum Gasteiger partial charge on any atom is -0.342 e. The molecule has 41 heavy (non-hydrogen) atoms. The molecule has 3 heterocycles. The summed E-state index contributed by atoms with van der Waals surface area (Å²) >= 11 is 1.38. The molecule has 0 saturated carbocycles. The molecule has 2 fully saturated rings. The van der Waals surface area contributed by atoms with Crippen molar-refractivity contribution in [2.24, 2.45) is 5.92 Å². The van der Waals surface area contributed by atoms with Gasteiger partial charge in [0.2, 0.25) is 11.8 Å². The maximum atomic E-state index is 12.9. The van der Waals surface area contributed by atoms with E-state index in [0.717, 1.165) is 74.1 Å². The number of aromatic nitrogens is 1. The second-order valence-electron chi connectivity index (χ2n) is 11.4. The van der Waals surface area contributed by atoms with Gasteiger partial charge in [0.15, 0.2) is 5.13 Å². The Morgan fingerprint density at radius 2 is 1.73 bits per heavy atom. The van der Waals surface area contributed by atoms with Crippen LogP contribution in [-0.2, 0) is 22.4 Å². The first-order valence-electron chi connectivity index (χ1n) is 15.3. The maximum absolute atomic E-state index is 12.9. The number of nitrogens with one attached hydrogen (secondary N) is 4. The van der Waals surface area contributed by atoms with Crippen molar-refractivity contribution in [2.75, 3.05) is 51.1 Å². The molecule has 2 amide bonds. The van der Waals surface area contributed by atoms with E-state index in [2.05, 4.69) is 38.4 Å². The summed E-state index contributed by atoms with van der Waals surface area (Å²) in [6, 6.07) is 14.8. The van der Waals surface area contributed by atoms with Gasteiger partial charge in [-0.3, -0.25) is 9.59 Å². The van der Waals surface area contributed by atoms with E-state index in [4.69, 9.17) is 0 Å². The molecule has 9 heteroatoms. The minimum atomic E-state index is -0.0993. The van der Waals surface area contributed by atoms with E-state index in [1.807, 2.05) is 40.6 Å². The van der Waals surface area contributed by atoms with Crippen molar-refractivity contribution < 1.29 is 9.59 Å². The zero-order chi connectivity index (χ0) is 28.3. The first-order chi connectivity index (χ1) is 20.1. The van der Waals surface area contributed by atoms with Crippen molar-refractivity contribution >= 4 is 39.1 Å². The number of piperidine rings is 1. The standard InChI is InChI=1S/C32H44N6O2S/c39-30(19-26-9-5-8-25-7-1-2-11-29(25)26)37-32-36-28(23-41-32)20-31(40)38-17-12-24(13-18-38)21-33-14-3-4-15-34-22-27-10-6-16-35-27/h1-2,5,7-9,11,23-24,27,33-35H,3-4,6,10,12-22H2,(H,36,37,39)/t27-/m0/s1. The zero-order valence-electron chi connectivity index (χ0n) is 24.0. The molecule has 0 spiro atoms. The Hall–Kier alpha value is -2.85. The second kappa shape index (κ2) is 15.4. The minimum absolute atomic E-state index is 0.0993. The number of carbonyl (C=O) groups is 2. The number of hydrogen-bond donors (Lipinski definition) is 4. The number of likely N-dealkylation sites (tertiary alicyclic amines) is 1. The molecule has 2 saturated heterocycles. The number of unbranched alkanes of at least 4 members (excludes halogenated alkanes) is 1. The van der Waals surface area contributed by atoms with Crippen LogP contribution >= 0.6 is 11.3 Å². The predicted molar refractivity (Wildman–Crippen MR) is 167 cm³/mol. The van der Waals surface area contributed by atoms with Crippen LogP contribution in [0.1, 0.15) is 49.8 Å². The van der Waals surface area contributed by atoms with Crippen LogP contribution in [-0.4, -0.2) is 73.6 Å². The quantitative estimate of drug-likeness (QED) is 0.217. The number of hydrogen-bond acceptors (Lipinski definition) is 7. The molecule has 2 aliphatic rings. The van der Waals surface area contributed by atoms with Crippen molar-refractivity contribution in [1.29, 1.82) is 0 Å². The van der Waals surface area contributed by atoms with E-state index in [9.17, 15) is 9.59 Å². The van der Waals surface area contributed by atoms with E-state index in [0.29, 0.717) is 17.1 Å². The Morgan fingerprint density at radius 1 is 0.951 bits per heavy atom. The molecule has 220 valence electrons. The largest absolute Gasteiger partial charge is 0.342 e. The fourth-order valence-corrected chi connectivity index (χ4v) is 6.62. The average molecular weight is 577 g/mol. The van der Waals surface area contributed by atoms with E-state index < -0.39 is 0 Å². The van der Waals surface area contributed by atoms with Gasteiger partial charge in [-0.25, -0.2) is 4.98 Å². The van der Waals surface area contributed by atoms with Crippen molar-refractivity contribution in [3.8, 4) is 0 Å². The van der Waals surface area contributed by atoms with Gasteiger partial charge in [0.1, 0.15) is 0 Å². The molecule has 2 aromatic carbocycles. The summed E-state index contributed by atoms with van der Waals surface area (Å²) in [6.07, 6.45) is 7.67. The number of carbonyl (C=O) groups excluding carboxylic acids is 2. The van der Waals surface area contributed by atoms with Gasteiger partial charge in [-0.05, 0) is 87.0 Å². The molecule has 3 aromatic rings. The Kier molecular flexibility index (Phi) is 11.1. The maximum Gasteiger partial charge on any atom is 0.230 e. The molecule has 8 nitrogen and oxygen atoms in total. The van der Waals surface area contributed by atoms with E-state index in [-0.39, 0.29) is 24.7 Å². The lowest BCUT2D eigenvalue weighted by Crippen LogP contribution is -2.41. The van der Waals surface area contributed by atoms with Crippen LogP contribution in [0, 0.1) is 5.92 Å². The monoisotopic (exact) mass is 576 g/mol. The van der Waals surface area contributed by atoms with Crippen LogP contribution in [0.2, 0.25) is 0 Å². The number of rotatable bonds is 14. The normalized spacial score (nSPS) is 17.8. The summed E-state index contributed by atoms with van der Waals surface area (Å²) in [7, 11) is 0. The molecule has 0 unspecified atom stereocenters. The van der Waals surface area contributed by atoms with Crippen LogP contribution in [0.4, 0.5) is 5.13 Å². The van der Waals surface area contributed by atoms with Gasteiger partial charge < -0.3 is 26.2 Å². The average Bonchev–Trinajstić information content (AvgIpc) is 3.67. The second-order valence-corrected chi connectivity index (χ2v) is 12.3. The van der Waals surface area contributed by atoms with Gasteiger partial charge in [0, 0.05) is 31.1 Å². The summed E-state index contributed by atoms with van der Waals surface area (Å²) in [5, 5.41) is 18.3. The van der Waals surface area contributed by atoms with E-state index in [1.165, 1.54) is 43.6 Å². The lowest BCUT2D eigenvalue weighted by Gasteiger charge is -2.32. The van der Waals surface area contributed by atoms with Gasteiger partial charge in [0.05, 0.1) is 18.5 Å². The smallest absolute Gasteiger partial charge is 0.230 e. The zero-order valence-corrected chi connectivity index (χ0v) is 24.8. The molecule has 0 bridgehead atoms. The SMILES string of the molecule is O=C(Cc1cccc2ccccc12)Nc1nc(CC(=O)N2CCC(CNCCCCNC[C@@H]3CCCN3)CC2)cs1.